The summed E-state index contributed by atoms with van der Waals surface area (Å²) in [5.41, 5.74) is 1.65. The molecule has 9 nitrogen and oxygen atoms in total. The zero-order valence-corrected chi connectivity index (χ0v) is 16.8. The number of rotatable bonds is 7. The van der Waals surface area contributed by atoms with Crippen molar-refractivity contribution in [3.8, 4) is 0 Å². The maximum atomic E-state index is 13.7. The van der Waals surface area contributed by atoms with Crippen LogP contribution in [0.1, 0.15) is 50.3 Å². The molecule has 2 heterocycles. The summed E-state index contributed by atoms with van der Waals surface area (Å²) in [6.45, 7) is 2.97. The van der Waals surface area contributed by atoms with Crippen LogP contribution in [0.5, 0.6) is 0 Å². The van der Waals surface area contributed by atoms with E-state index in [4.69, 9.17) is 0 Å². The van der Waals surface area contributed by atoms with E-state index in [0.717, 1.165) is 17.7 Å². The number of alkyl halides is 1. The van der Waals surface area contributed by atoms with E-state index in [0.29, 0.717) is 18.7 Å². The molecule has 2 aromatic heterocycles. The third-order valence-electron chi connectivity index (χ3n) is 5.55. The molecule has 1 aliphatic carbocycles. The summed E-state index contributed by atoms with van der Waals surface area (Å²) in [5, 5.41) is 23.4. The van der Waals surface area contributed by atoms with Crippen LogP contribution >= 0.6 is 0 Å². The summed E-state index contributed by atoms with van der Waals surface area (Å²) in [7, 11) is 1.79. The van der Waals surface area contributed by atoms with Crippen molar-refractivity contribution >= 4 is 17.8 Å². The van der Waals surface area contributed by atoms with E-state index >= 15 is 0 Å². The molecule has 29 heavy (non-hydrogen) atoms. The Morgan fingerprint density at radius 3 is 2.83 bits per heavy atom. The minimum atomic E-state index is -1.24. The molecule has 1 saturated carbocycles. The second-order valence-corrected chi connectivity index (χ2v) is 7.73. The van der Waals surface area contributed by atoms with Crippen LogP contribution in [0.2, 0.25) is 0 Å². The van der Waals surface area contributed by atoms with Crippen molar-refractivity contribution in [2.45, 2.75) is 63.7 Å². The molecular formula is C19H27FN6O3. The number of aromatic amines is 1. The highest BCUT2D eigenvalue weighted by atomic mass is 19.1. The number of hydrogen-bond acceptors (Lipinski definition) is 4. The standard InChI is InChI=1S/C19H27FN6O3/c1-11(20)12(2)26(19(28)29)15-5-4-14(7-15)16-8-17(24-23-16)22-18(27)6-13-9-21-25(3)10-13/h8-12,14-15H,4-7H2,1-3H3,(H,28,29)(H2,22,23,24,27)/t11-,12+,14?,15?/m1/s1. The lowest BCUT2D eigenvalue weighted by molar-refractivity contribution is -0.115. The van der Waals surface area contributed by atoms with Gasteiger partial charge >= 0.3 is 6.09 Å². The summed E-state index contributed by atoms with van der Waals surface area (Å²) in [5.74, 6) is 0.321. The maximum absolute atomic E-state index is 13.7. The molecule has 0 bridgehead atoms. The van der Waals surface area contributed by atoms with Crippen LogP contribution in [0.25, 0.3) is 0 Å². The number of amides is 2. The Hall–Kier alpha value is -2.91. The van der Waals surface area contributed by atoms with E-state index < -0.39 is 18.3 Å². The van der Waals surface area contributed by atoms with Gasteiger partial charge < -0.3 is 10.4 Å². The molecule has 1 fully saturated rings. The lowest BCUT2D eigenvalue weighted by atomic mass is 10.0. The highest BCUT2D eigenvalue weighted by Crippen LogP contribution is 2.37. The molecule has 0 aromatic carbocycles. The van der Waals surface area contributed by atoms with Gasteiger partial charge in [-0.1, -0.05) is 0 Å². The number of hydrogen-bond donors (Lipinski definition) is 3. The molecule has 2 aromatic rings. The van der Waals surface area contributed by atoms with Crippen molar-refractivity contribution in [1.82, 2.24) is 24.9 Å². The first-order valence-corrected chi connectivity index (χ1v) is 9.72. The molecule has 0 spiro atoms. The second-order valence-electron chi connectivity index (χ2n) is 7.73. The normalized spacial score (nSPS) is 21.0. The van der Waals surface area contributed by atoms with E-state index in [1.54, 1.807) is 37.1 Å². The quantitative estimate of drug-likeness (QED) is 0.654. The Balaban J connectivity index is 1.59. The molecule has 1 aliphatic rings. The predicted molar refractivity (Wildman–Crippen MR) is 104 cm³/mol. The van der Waals surface area contributed by atoms with Crippen molar-refractivity contribution in [3.63, 3.8) is 0 Å². The average molecular weight is 406 g/mol. The van der Waals surface area contributed by atoms with Gasteiger partial charge in [0.05, 0.1) is 18.7 Å². The molecular weight excluding hydrogens is 379 g/mol. The molecule has 0 radical (unpaired) electrons. The number of carbonyl (C=O) groups is 2. The summed E-state index contributed by atoms with van der Waals surface area (Å²) >= 11 is 0. The molecule has 0 saturated heterocycles. The number of nitrogens with one attached hydrogen (secondary N) is 2. The Bertz CT molecular complexity index is 864. The molecule has 2 unspecified atom stereocenters. The van der Waals surface area contributed by atoms with Gasteiger partial charge in [0.1, 0.15) is 6.17 Å². The SMILES string of the molecule is C[C@@H](F)[C@H](C)N(C(=O)O)C1CCC(c2cc(NC(=O)Cc3cnn(C)c3)n[nH]2)C1. The van der Waals surface area contributed by atoms with Gasteiger partial charge in [-0.15, -0.1) is 0 Å². The van der Waals surface area contributed by atoms with Gasteiger partial charge in [0, 0.05) is 37.0 Å². The van der Waals surface area contributed by atoms with E-state index in [9.17, 15) is 19.1 Å². The predicted octanol–water partition coefficient (Wildman–Crippen LogP) is 2.69. The fourth-order valence-corrected chi connectivity index (χ4v) is 3.92. The molecule has 0 aliphatic heterocycles. The highest BCUT2D eigenvalue weighted by Gasteiger charge is 2.37. The zero-order valence-electron chi connectivity index (χ0n) is 16.8. The van der Waals surface area contributed by atoms with Gasteiger partial charge in [0.25, 0.3) is 0 Å². The van der Waals surface area contributed by atoms with Crippen molar-refractivity contribution < 1.29 is 19.1 Å². The maximum Gasteiger partial charge on any atom is 0.407 e. The van der Waals surface area contributed by atoms with Gasteiger partial charge in [0.15, 0.2) is 5.82 Å². The van der Waals surface area contributed by atoms with Crippen LogP contribution in [0.3, 0.4) is 0 Å². The Morgan fingerprint density at radius 1 is 1.45 bits per heavy atom. The number of aromatic nitrogens is 4. The van der Waals surface area contributed by atoms with Crippen LogP contribution < -0.4 is 5.32 Å². The second kappa shape index (κ2) is 8.62. The first-order valence-electron chi connectivity index (χ1n) is 9.72. The Morgan fingerprint density at radius 2 is 2.21 bits per heavy atom. The number of carboxylic acid groups (broad SMARTS) is 1. The van der Waals surface area contributed by atoms with Crippen LogP contribution in [-0.4, -0.2) is 60.2 Å². The lowest BCUT2D eigenvalue weighted by Crippen LogP contribution is -2.47. The van der Waals surface area contributed by atoms with Gasteiger partial charge in [-0.3, -0.25) is 19.5 Å². The van der Waals surface area contributed by atoms with Crippen LogP contribution in [-0.2, 0) is 18.3 Å². The van der Waals surface area contributed by atoms with Crippen molar-refractivity contribution in [1.29, 1.82) is 0 Å². The minimum absolute atomic E-state index is 0.0837. The van der Waals surface area contributed by atoms with Gasteiger partial charge in [-0.25, -0.2) is 9.18 Å². The fourth-order valence-electron chi connectivity index (χ4n) is 3.92. The molecule has 3 rings (SSSR count). The number of carbonyl (C=O) groups excluding carboxylic acids is 1. The average Bonchev–Trinajstić information content (AvgIpc) is 3.36. The number of halogens is 1. The third kappa shape index (κ3) is 4.93. The Labute approximate surface area is 168 Å². The number of aryl methyl sites for hydroxylation is 1. The van der Waals surface area contributed by atoms with Crippen molar-refractivity contribution in [2.24, 2.45) is 7.05 Å². The van der Waals surface area contributed by atoms with Crippen molar-refractivity contribution in [2.75, 3.05) is 5.32 Å². The third-order valence-corrected chi connectivity index (χ3v) is 5.55. The number of H-pyrrole nitrogens is 1. The van der Waals surface area contributed by atoms with Gasteiger partial charge in [-0.2, -0.15) is 10.2 Å². The summed E-state index contributed by atoms with van der Waals surface area (Å²) in [6, 6.07) is 0.846. The minimum Gasteiger partial charge on any atom is -0.465 e. The summed E-state index contributed by atoms with van der Waals surface area (Å²) in [4.78, 5) is 25.0. The van der Waals surface area contributed by atoms with E-state index in [1.807, 2.05) is 0 Å². The van der Waals surface area contributed by atoms with Crippen molar-refractivity contribution in [3.05, 3.63) is 29.7 Å². The summed E-state index contributed by atoms with van der Waals surface area (Å²) in [6.07, 6.45) is 3.31. The Kier molecular flexibility index (Phi) is 6.19. The molecule has 4 atom stereocenters. The van der Waals surface area contributed by atoms with Crippen LogP contribution in [0.15, 0.2) is 18.5 Å². The van der Waals surface area contributed by atoms with Gasteiger partial charge in [0.2, 0.25) is 5.91 Å². The molecule has 10 heteroatoms. The topological polar surface area (TPSA) is 116 Å². The molecule has 2 amide bonds. The van der Waals surface area contributed by atoms with Crippen LogP contribution in [0, 0.1) is 0 Å². The van der Waals surface area contributed by atoms with E-state index in [1.165, 1.54) is 11.8 Å². The monoisotopic (exact) mass is 406 g/mol. The summed E-state index contributed by atoms with van der Waals surface area (Å²) < 4.78 is 15.3. The fraction of sp³-hybridized carbons (Fsp3) is 0.579. The zero-order chi connectivity index (χ0) is 21.1. The largest absolute Gasteiger partial charge is 0.465 e. The smallest absolute Gasteiger partial charge is 0.407 e. The first kappa shape index (κ1) is 20.8. The molecule has 158 valence electrons. The lowest BCUT2D eigenvalue weighted by Gasteiger charge is -2.33. The molecule has 3 N–H and O–H groups in total. The van der Waals surface area contributed by atoms with E-state index in [2.05, 4.69) is 20.6 Å². The van der Waals surface area contributed by atoms with Crippen LogP contribution in [0.4, 0.5) is 15.0 Å². The number of anilines is 1. The van der Waals surface area contributed by atoms with Gasteiger partial charge in [-0.05, 0) is 38.7 Å². The van der Waals surface area contributed by atoms with E-state index in [-0.39, 0.29) is 24.3 Å². The highest BCUT2D eigenvalue weighted by molar-refractivity contribution is 5.91. The first-order chi connectivity index (χ1) is 13.7. The number of nitrogens with zero attached hydrogens (tertiary/aromatic N) is 4.